The van der Waals surface area contributed by atoms with Gasteiger partial charge in [0.1, 0.15) is 6.61 Å². The van der Waals surface area contributed by atoms with Gasteiger partial charge >= 0.3 is 12.1 Å². The summed E-state index contributed by atoms with van der Waals surface area (Å²) in [5.41, 5.74) is 0.435. The SMILES string of the molecule is COC(=O)C1(C)CCC(NC(=O)OCc2ccccc2)C1. The normalized spacial score (nSPS) is 24.4. The number of benzene rings is 1. The zero-order valence-electron chi connectivity index (χ0n) is 12.4. The number of ether oxygens (including phenoxy) is 2. The molecule has 0 bridgehead atoms. The number of alkyl carbamates (subject to hydrolysis) is 1. The van der Waals surface area contributed by atoms with Gasteiger partial charge in [0.2, 0.25) is 0 Å². The minimum absolute atomic E-state index is 0.0441. The van der Waals surface area contributed by atoms with Crippen molar-refractivity contribution in [1.82, 2.24) is 5.32 Å². The van der Waals surface area contributed by atoms with Crippen molar-refractivity contribution in [1.29, 1.82) is 0 Å². The summed E-state index contributed by atoms with van der Waals surface area (Å²) in [5.74, 6) is -0.218. The first-order valence-electron chi connectivity index (χ1n) is 7.09. The lowest BCUT2D eigenvalue weighted by molar-refractivity contribution is -0.151. The Morgan fingerprint density at radius 1 is 1.33 bits per heavy atom. The fraction of sp³-hybridized carbons (Fsp3) is 0.500. The summed E-state index contributed by atoms with van der Waals surface area (Å²) in [6.45, 7) is 2.11. The fourth-order valence-electron chi connectivity index (χ4n) is 2.73. The third kappa shape index (κ3) is 3.97. The predicted octanol–water partition coefficient (Wildman–Crippen LogP) is 2.64. The predicted molar refractivity (Wildman–Crippen MR) is 77.5 cm³/mol. The fourth-order valence-corrected chi connectivity index (χ4v) is 2.73. The average Bonchev–Trinajstić information content (AvgIpc) is 2.88. The summed E-state index contributed by atoms with van der Waals surface area (Å²) < 4.78 is 9.99. The number of carbonyl (C=O) groups excluding carboxylic acids is 2. The Morgan fingerprint density at radius 2 is 2.05 bits per heavy atom. The summed E-state index contributed by atoms with van der Waals surface area (Å²) in [4.78, 5) is 23.5. The van der Waals surface area contributed by atoms with Crippen LogP contribution in [0.2, 0.25) is 0 Å². The van der Waals surface area contributed by atoms with E-state index >= 15 is 0 Å². The van der Waals surface area contributed by atoms with Gasteiger partial charge in [-0.1, -0.05) is 30.3 Å². The third-order valence-corrected chi connectivity index (χ3v) is 3.95. The van der Waals surface area contributed by atoms with Crippen LogP contribution >= 0.6 is 0 Å². The van der Waals surface area contributed by atoms with Gasteiger partial charge in [-0.25, -0.2) is 4.79 Å². The van der Waals surface area contributed by atoms with Crippen molar-refractivity contribution in [2.45, 2.75) is 38.8 Å². The average molecular weight is 291 g/mol. The molecule has 1 aliphatic carbocycles. The molecule has 21 heavy (non-hydrogen) atoms. The lowest BCUT2D eigenvalue weighted by Gasteiger charge is -2.20. The third-order valence-electron chi connectivity index (χ3n) is 3.95. The number of methoxy groups -OCH3 is 1. The van der Waals surface area contributed by atoms with Crippen LogP contribution in [-0.4, -0.2) is 25.2 Å². The molecule has 114 valence electrons. The van der Waals surface area contributed by atoms with Crippen molar-refractivity contribution < 1.29 is 19.1 Å². The number of hydrogen-bond acceptors (Lipinski definition) is 4. The van der Waals surface area contributed by atoms with Crippen LogP contribution in [0.5, 0.6) is 0 Å². The molecule has 0 aromatic heterocycles. The number of nitrogens with one attached hydrogen (secondary N) is 1. The lowest BCUT2D eigenvalue weighted by atomic mass is 9.89. The molecule has 2 rings (SSSR count). The standard InChI is InChI=1S/C16H21NO4/c1-16(14(18)20-2)9-8-13(10-16)17-15(19)21-11-12-6-4-3-5-7-12/h3-7,13H,8-11H2,1-2H3,(H,17,19). The second-order valence-corrected chi connectivity index (χ2v) is 5.70. The molecule has 0 spiro atoms. The summed E-state index contributed by atoms with van der Waals surface area (Å²) >= 11 is 0. The van der Waals surface area contributed by atoms with Crippen LogP contribution in [0.4, 0.5) is 4.79 Å². The van der Waals surface area contributed by atoms with Crippen molar-refractivity contribution in [3.05, 3.63) is 35.9 Å². The van der Waals surface area contributed by atoms with Gasteiger partial charge in [-0.05, 0) is 31.7 Å². The van der Waals surface area contributed by atoms with Gasteiger partial charge in [0.25, 0.3) is 0 Å². The molecule has 5 nitrogen and oxygen atoms in total. The molecule has 0 saturated heterocycles. The molecule has 1 aromatic carbocycles. The van der Waals surface area contributed by atoms with Crippen molar-refractivity contribution >= 4 is 12.1 Å². The van der Waals surface area contributed by atoms with E-state index in [1.54, 1.807) is 0 Å². The Morgan fingerprint density at radius 3 is 2.71 bits per heavy atom. The molecule has 1 fully saturated rings. The zero-order chi connectivity index (χ0) is 15.3. The van der Waals surface area contributed by atoms with E-state index in [1.807, 2.05) is 37.3 Å². The minimum atomic E-state index is -0.508. The smallest absolute Gasteiger partial charge is 0.407 e. The van der Waals surface area contributed by atoms with E-state index in [0.29, 0.717) is 12.8 Å². The Balaban J connectivity index is 1.78. The van der Waals surface area contributed by atoms with Crippen LogP contribution in [0, 0.1) is 5.41 Å². The van der Waals surface area contributed by atoms with Crippen LogP contribution in [-0.2, 0) is 20.9 Å². The van der Waals surface area contributed by atoms with E-state index in [-0.39, 0.29) is 18.6 Å². The van der Waals surface area contributed by atoms with Crippen molar-refractivity contribution in [3.63, 3.8) is 0 Å². The second kappa shape index (κ2) is 6.61. The molecule has 1 aromatic rings. The van der Waals surface area contributed by atoms with Crippen LogP contribution in [0.1, 0.15) is 31.7 Å². The largest absolute Gasteiger partial charge is 0.469 e. The van der Waals surface area contributed by atoms with Crippen molar-refractivity contribution in [3.8, 4) is 0 Å². The molecule has 1 aliphatic rings. The van der Waals surface area contributed by atoms with Gasteiger partial charge in [-0.3, -0.25) is 4.79 Å². The maximum Gasteiger partial charge on any atom is 0.407 e. The first-order chi connectivity index (χ1) is 10.0. The topological polar surface area (TPSA) is 64.6 Å². The molecule has 1 N–H and O–H groups in total. The highest BCUT2D eigenvalue weighted by Gasteiger charge is 2.42. The first kappa shape index (κ1) is 15.4. The monoisotopic (exact) mass is 291 g/mol. The number of amides is 1. The summed E-state index contributed by atoms with van der Waals surface area (Å²) in [6.07, 6.45) is 1.60. The maximum atomic E-state index is 11.8. The Labute approximate surface area is 124 Å². The van der Waals surface area contributed by atoms with E-state index < -0.39 is 11.5 Å². The maximum absolute atomic E-state index is 11.8. The Bertz CT molecular complexity index is 502. The minimum Gasteiger partial charge on any atom is -0.469 e. The molecule has 0 aliphatic heterocycles. The summed E-state index contributed by atoms with van der Waals surface area (Å²) in [5, 5.41) is 2.81. The first-order valence-corrected chi connectivity index (χ1v) is 7.09. The van der Waals surface area contributed by atoms with Gasteiger partial charge in [0.15, 0.2) is 0 Å². The molecule has 1 amide bonds. The van der Waals surface area contributed by atoms with Gasteiger partial charge in [-0.15, -0.1) is 0 Å². The second-order valence-electron chi connectivity index (χ2n) is 5.70. The number of hydrogen-bond donors (Lipinski definition) is 1. The number of rotatable bonds is 4. The Hall–Kier alpha value is -2.04. The van der Waals surface area contributed by atoms with E-state index in [2.05, 4.69) is 5.32 Å². The Kier molecular flexibility index (Phi) is 4.83. The van der Waals surface area contributed by atoms with E-state index in [4.69, 9.17) is 9.47 Å². The van der Waals surface area contributed by atoms with E-state index in [9.17, 15) is 9.59 Å². The van der Waals surface area contributed by atoms with Gasteiger partial charge in [-0.2, -0.15) is 0 Å². The van der Waals surface area contributed by atoms with Gasteiger partial charge in [0.05, 0.1) is 12.5 Å². The lowest BCUT2D eigenvalue weighted by Crippen LogP contribution is -2.35. The summed E-state index contributed by atoms with van der Waals surface area (Å²) in [6, 6.07) is 9.46. The van der Waals surface area contributed by atoms with Crippen LogP contribution in [0.3, 0.4) is 0 Å². The van der Waals surface area contributed by atoms with Crippen LogP contribution in [0.15, 0.2) is 30.3 Å². The highest BCUT2D eigenvalue weighted by atomic mass is 16.5. The van der Waals surface area contributed by atoms with Gasteiger partial charge in [0, 0.05) is 6.04 Å². The molecular weight excluding hydrogens is 270 g/mol. The van der Waals surface area contributed by atoms with Crippen LogP contribution in [0.25, 0.3) is 0 Å². The van der Waals surface area contributed by atoms with E-state index in [0.717, 1.165) is 12.0 Å². The van der Waals surface area contributed by atoms with Crippen LogP contribution < -0.4 is 5.32 Å². The molecule has 5 heteroatoms. The molecular formula is C16H21NO4. The van der Waals surface area contributed by atoms with Gasteiger partial charge < -0.3 is 14.8 Å². The highest BCUT2D eigenvalue weighted by Crippen LogP contribution is 2.38. The summed E-state index contributed by atoms with van der Waals surface area (Å²) in [7, 11) is 1.39. The molecule has 0 heterocycles. The molecule has 1 saturated carbocycles. The molecule has 2 atom stereocenters. The van der Waals surface area contributed by atoms with E-state index in [1.165, 1.54) is 7.11 Å². The number of esters is 1. The number of carbonyl (C=O) groups is 2. The van der Waals surface area contributed by atoms with Crippen molar-refractivity contribution in [2.75, 3.05) is 7.11 Å². The van der Waals surface area contributed by atoms with Crippen molar-refractivity contribution in [2.24, 2.45) is 5.41 Å². The quantitative estimate of drug-likeness (QED) is 0.866. The zero-order valence-corrected chi connectivity index (χ0v) is 12.4. The highest BCUT2D eigenvalue weighted by molar-refractivity contribution is 5.77. The molecule has 0 radical (unpaired) electrons. The molecule has 2 unspecified atom stereocenters.